The second kappa shape index (κ2) is 8.24. The van der Waals surface area contributed by atoms with Gasteiger partial charge in [-0.3, -0.25) is 4.79 Å². The summed E-state index contributed by atoms with van der Waals surface area (Å²) in [5.41, 5.74) is 2.86. The van der Waals surface area contributed by atoms with Crippen molar-refractivity contribution in [1.82, 2.24) is 4.98 Å². The minimum atomic E-state index is -0.588. The van der Waals surface area contributed by atoms with E-state index in [-0.39, 0.29) is 12.4 Å². The Morgan fingerprint density at radius 2 is 2.08 bits per heavy atom. The van der Waals surface area contributed by atoms with Gasteiger partial charge in [-0.2, -0.15) is 0 Å². The van der Waals surface area contributed by atoms with Crippen molar-refractivity contribution in [3.8, 4) is 5.75 Å². The van der Waals surface area contributed by atoms with Crippen molar-refractivity contribution in [2.24, 2.45) is 0 Å². The van der Waals surface area contributed by atoms with Gasteiger partial charge in [0.15, 0.2) is 6.61 Å². The zero-order valence-electron chi connectivity index (χ0n) is 12.8. The first-order valence-corrected chi connectivity index (χ1v) is 9.31. The highest BCUT2D eigenvalue weighted by Crippen LogP contribution is 2.22. The number of ether oxygens (including phenoxy) is 2. The summed E-state index contributed by atoms with van der Waals surface area (Å²) < 4.78 is 11.2. The van der Waals surface area contributed by atoms with Crippen molar-refractivity contribution in [2.75, 3.05) is 6.61 Å². The first-order valence-electron chi connectivity index (χ1n) is 7.17. The summed E-state index contributed by atoms with van der Waals surface area (Å²) in [5.74, 6) is -0.352. The van der Waals surface area contributed by atoms with Gasteiger partial charge >= 0.3 is 5.97 Å². The number of ketones is 1. The standard InChI is InChI=1S/C17H12ClNO4S2/c18-16-5-4-15(25-16)14(20)8-23-17(21)11-2-1-3-13(6-11)22-7-12-9-24-10-19-12/h1-6,9-10H,7-8H2. The normalized spacial score (nSPS) is 10.4. The van der Waals surface area contributed by atoms with E-state index in [0.717, 1.165) is 17.0 Å². The number of carbonyl (C=O) groups is 2. The van der Waals surface area contributed by atoms with Gasteiger partial charge < -0.3 is 9.47 Å². The maximum atomic E-state index is 12.1. The van der Waals surface area contributed by atoms with Crippen LogP contribution in [0.4, 0.5) is 0 Å². The molecule has 3 rings (SSSR count). The third-order valence-corrected chi connectivity index (χ3v) is 5.03. The summed E-state index contributed by atoms with van der Waals surface area (Å²) in [5, 5.41) is 1.89. The van der Waals surface area contributed by atoms with Crippen molar-refractivity contribution in [3.05, 3.63) is 67.8 Å². The number of thiazole rings is 1. The second-order valence-corrected chi connectivity index (χ2v) is 7.33. The van der Waals surface area contributed by atoms with Gasteiger partial charge in [0.1, 0.15) is 12.4 Å². The lowest BCUT2D eigenvalue weighted by Gasteiger charge is -2.07. The van der Waals surface area contributed by atoms with Gasteiger partial charge in [0, 0.05) is 5.38 Å². The van der Waals surface area contributed by atoms with E-state index >= 15 is 0 Å². The van der Waals surface area contributed by atoms with E-state index in [4.69, 9.17) is 21.1 Å². The lowest BCUT2D eigenvalue weighted by atomic mass is 10.2. The Hall–Kier alpha value is -2.22. The van der Waals surface area contributed by atoms with Crippen LogP contribution in [0.25, 0.3) is 0 Å². The second-order valence-electron chi connectivity index (χ2n) is 4.90. The molecule has 0 radical (unpaired) electrons. The first-order chi connectivity index (χ1) is 12.1. The van der Waals surface area contributed by atoms with E-state index in [9.17, 15) is 9.59 Å². The fourth-order valence-electron chi connectivity index (χ4n) is 1.93. The SMILES string of the molecule is O=C(OCC(=O)c1ccc(Cl)s1)c1cccc(OCc2cscn2)c1. The molecule has 0 N–H and O–H groups in total. The molecule has 0 saturated heterocycles. The maximum Gasteiger partial charge on any atom is 0.338 e. The molecule has 0 saturated carbocycles. The van der Waals surface area contributed by atoms with Gasteiger partial charge in [0.25, 0.3) is 0 Å². The van der Waals surface area contributed by atoms with Gasteiger partial charge in [-0.25, -0.2) is 9.78 Å². The van der Waals surface area contributed by atoms with Crippen LogP contribution in [0, 0.1) is 0 Å². The van der Waals surface area contributed by atoms with Gasteiger partial charge in [-0.1, -0.05) is 17.7 Å². The molecule has 2 aromatic heterocycles. The minimum absolute atomic E-state index is 0.291. The molecule has 1 aromatic carbocycles. The van der Waals surface area contributed by atoms with Crippen LogP contribution in [-0.2, 0) is 11.3 Å². The van der Waals surface area contributed by atoms with Crippen molar-refractivity contribution < 1.29 is 19.1 Å². The molecule has 5 nitrogen and oxygen atoms in total. The van der Waals surface area contributed by atoms with E-state index in [1.165, 1.54) is 11.3 Å². The quantitative estimate of drug-likeness (QED) is 0.437. The fourth-order valence-corrected chi connectivity index (χ4v) is 3.44. The number of esters is 1. The number of nitrogens with zero attached hydrogens (tertiary/aromatic N) is 1. The first kappa shape index (κ1) is 17.6. The van der Waals surface area contributed by atoms with Gasteiger partial charge in [0.05, 0.1) is 26.0 Å². The van der Waals surface area contributed by atoms with Gasteiger partial charge in [0.2, 0.25) is 5.78 Å². The summed E-state index contributed by atoms with van der Waals surface area (Å²) >= 11 is 8.43. The highest BCUT2D eigenvalue weighted by Gasteiger charge is 2.14. The predicted molar refractivity (Wildman–Crippen MR) is 96.8 cm³/mol. The highest BCUT2D eigenvalue weighted by molar-refractivity contribution is 7.18. The van der Waals surface area contributed by atoms with Crippen LogP contribution in [0.3, 0.4) is 0 Å². The van der Waals surface area contributed by atoms with Crippen LogP contribution >= 0.6 is 34.3 Å². The van der Waals surface area contributed by atoms with E-state index in [0.29, 0.717) is 27.1 Å². The number of hydrogen-bond donors (Lipinski definition) is 0. The monoisotopic (exact) mass is 393 g/mol. The Kier molecular flexibility index (Phi) is 5.80. The van der Waals surface area contributed by atoms with Crippen LogP contribution in [0.5, 0.6) is 5.75 Å². The number of Topliss-reactive ketones (excluding diaryl/α,β-unsaturated/α-hetero) is 1. The maximum absolute atomic E-state index is 12.1. The average molecular weight is 394 g/mol. The Balaban J connectivity index is 1.56. The number of carbonyl (C=O) groups excluding carboxylic acids is 2. The molecule has 0 aliphatic carbocycles. The molecule has 0 bridgehead atoms. The van der Waals surface area contributed by atoms with Crippen molar-refractivity contribution in [1.29, 1.82) is 0 Å². The zero-order valence-corrected chi connectivity index (χ0v) is 15.2. The van der Waals surface area contributed by atoms with E-state index in [2.05, 4.69) is 4.98 Å². The van der Waals surface area contributed by atoms with Crippen LogP contribution in [0.1, 0.15) is 25.7 Å². The molecule has 0 amide bonds. The molecule has 0 aliphatic rings. The fraction of sp³-hybridized carbons (Fsp3) is 0.118. The van der Waals surface area contributed by atoms with Crippen molar-refractivity contribution >= 4 is 46.0 Å². The van der Waals surface area contributed by atoms with Crippen LogP contribution < -0.4 is 4.74 Å². The molecule has 0 unspecified atom stereocenters. The number of aromatic nitrogens is 1. The smallest absolute Gasteiger partial charge is 0.338 e. The zero-order chi connectivity index (χ0) is 17.6. The summed E-state index contributed by atoms with van der Waals surface area (Å²) in [6.45, 7) is -0.0147. The molecule has 25 heavy (non-hydrogen) atoms. The van der Waals surface area contributed by atoms with Crippen molar-refractivity contribution in [2.45, 2.75) is 6.61 Å². The summed E-state index contributed by atoms with van der Waals surface area (Å²) in [7, 11) is 0. The van der Waals surface area contributed by atoms with Crippen molar-refractivity contribution in [3.63, 3.8) is 0 Å². The molecular weight excluding hydrogens is 382 g/mol. The number of benzene rings is 1. The van der Waals surface area contributed by atoms with Gasteiger partial charge in [-0.05, 0) is 30.3 Å². The summed E-state index contributed by atoms with van der Waals surface area (Å²) in [6, 6.07) is 9.84. The molecule has 0 aliphatic heterocycles. The Labute approximate surface area is 156 Å². The topological polar surface area (TPSA) is 65.5 Å². The number of halogens is 1. The highest BCUT2D eigenvalue weighted by atomic mass is 35.5. The Morgan fingerprint density at radius 3 is 2.80 bits per heavy atom. The molecule has 8 heteroatoms. The lowest BCUT2D eigenvalue weighted by Crippen LogP contribution is -2.13. The Morgan fingerprint density at radius 1 is 1.20 bits per heavy atom. The molecule has 0 fully saturated rings. The van der Waals surface area contributed by atoms with E-state index in [1.54, 1.807) is 41.9 Å². The lowest BCUT2D eigenvalue weighted by molar-refractivity contribution is 0.0475. The van der Waals surface area contributed by atoms with Crippen LogP contribution in [0.15, 0.2) is 47.3 Å². The van der Waals surface area contributed by atoms with Crippen LogP contribution in [-0.4, -0.2) is 23.3 Å². The van der Waals surface area contributed by atoms with E-state index in [1.807, 2.05) is 5.38 Å². The summed E-state index contributed by atoms with van der Waals surface area (Å²) in [6.07, 6.45) is 0. The largest absolute Gasteiger partial charge is 0.487 e. The van der Waals surface area contributed by atoms with Gasteiger partial charge in [-0.15, -0.1) is 22.7 Å². The van der Waals surface area contributed by atoms with E-state index < -0.39 is 5.97 Å². The predicted octanol–water partition coefficient (Wildman–Crippen LogP) is 4.48. The molecule has 3 aromatic rings. The third-order valence-electron chi connectivity index (χ3n) is 3.12. The number of hydrogen-bond acceptors (Lipinski definition) is 7. The number of rotatable bonds is 7. The molecule has 0 atom stereocenters. The van der Waals surface area contributed by atoms with Crippen LogP contribution in [0.2, 0.25) is 4.34 Å². The third kappa shape index (κ3) is 4.88. The minimum Gasteiger partial charge on any atom is -0.487 e. The molecule has 0 spiro atoms. The molecule has 2 heterocycles. The Bertz CT molecular complexity index is 876. The summed E-state index contributed by atoms with van der Waals surface area (Å²) in [4.78, 5) is 28.6. The molecular formula is C17H12ClNO4S2. The molecule has 128 valence electrons. The number of thiophene rings is 1. The average Bonchev–Trinajstić information content (AvgIpc) is 3.29.